The molecule has 0 amide bonds. The van der Waals surface area contributed by atoms with E-state index in [1.54, 1.807) is 30.6 Å². The molecular formula is C12H8Cl2N4. The van der Waals surface area contributed by atoms with Crippen LogP contribution in [0.3, 0.4) is 0 Å². The van der Waals surface area contributed by atoms with Crippen LogP contribution >= 0.6 is 23.2 Å². The van der Waals surface area contributed by atoms with Crippen LogP contribution in [0.2, 0.25) is 10.0 Å². The summed E-state index contributed by atoms with van der Waals surface area (Å²) in [6.07, 6.45) is 3.23. The average molecular weight is 279 g/mol. The molecule has 0 fully saturated rings. The van der Waals surface area contributed by atoms with Gasteiger partial charge < -0.3 is 10.7 Å². The average Bonchev–Trinajstić information content (AvgIpc) is 2.73. The van der Waals surface area contributed by atoms with Crippen LogP contribution in [0.5, 0.6) is 0 Å². The zero-order valence-electron chi connectivity index (χ0n) is 9.11. The van der Waals surface area contributed by atoms with E-state index < -0.39 is 0 Å². The molecule has 2 heterocycles. The molecule has 0 saturated heterocycles. The maximum Gasteiger partial charge on any atom is 0.140 e. The minimum atomic E-state index is 0.529. The lowest BCUT2D eigenvalue weighted by Gasteiger charge is -1.97. The Hall–Kier alpha value is -1.78. The largest absolute Gasteiger partial charge is 0.397 e. The van der Waals surface area contributed by atoms with Gasteiger partial charge in [0.25, 0.3) is 0 Å². The van der Waals surface area contributed by atoms with E-state index >= 15 is 0 Å². The summed E-state index contributed by atoms with van der Waals surface area (Å²) in [5, 5.41) is 1.09. The summed E-state index contributed by atoms with van der Waals surface area (Å²) in [7, 11) is 0. The van der Waals surface area contributed by atoms with E-state index in [1.807, 2.05) is 0 Å². The Morgan fingerprint density at radius 2 is 2.06 bits per heavy atom. The van der Waals surface area contributed by atoms with Crippen molar-refractivity contribution in [3.63, 3.8) is 0 Å². The van der Waals surface area contributed by atoms with Crippen molar-refractivity contribution in [3.05, 3.63) is 40.6 Å². The van der Waals surface area contributed by atoms with Crippen molar-refractivity contribution >= 4 is 39.9 Å². The second kappa shape index (κ2) is 4.15. The molecule has 3 aromatic rings. The highest BCUT2D eigenvalue weighted by Gasteiger charge is 2.11. The van der Waals surface area contributed by atoms with Crippen molar-refractivity contribution in [2.45, 2.75) is 0 Å². The topological polar surface area (TPSA) is 67.6 Å². The molecule has 0 radical (unpaired) electrons. The van der Waals surface area contributed by atoms with Crippen molar-refractivity contribution in [1.82, 2.24) is 15.0 Å². The lowest BCUT2D eigenvalue weighted by molar-refractivity contribution is 1.28. The van der Waals surface area contributed by atoms with E-state index in [0.717, 1.165) is 11.1 Å². The molecule has 0 spiro atoms. The first kappa shape index (κ1) is 11.3. The van der Waals surface area contributed by atoms with Gasteiger partial charge in [-0.15, -0.1) is 0 Å². The number of rotatable bonds is 1. The summed E-state index contributed by atoms with van der Waals surface area (Å²) in [6.45, 7) is 0. The molecule has 0 bridgehead atoms. The van der Waals surface area contributed by atoms with Crippen LogP contribution in [0.1, 0.15) is 0 Å². The number of hydrogen-bond donors (Lipinski definition) is 2. The van der Waals surface area contributed by atoms with Crippen LogP contribution in [-0.4, -0.2) is 15.0 Å². The number of benzene rings is 1. The number of anilines is 1. The molecule has 0 atom stereocenters. The summed E-state index contributed by atoms with van der Waals surface area (Å²) in [5.74, 6) is 0.645. The van der Waals surface area contributed by atoms with Crippen LogP contribution in [0.4, 0.5) is 5.69 Å². The Bertz CT molecular complexity index is 736. The molecule has 3 rings (SSSR count). The van der Waals surface area contributed by atoms with E-state index in [4.69, 9.17) is 28.9 Å². The van der Waals surface area contributed by atoms with Crippen LogP contribution in [-0.2, 0) is 0 Å². The number of nitrogens with two attached hydrogens (primary N) is 1. The summed E-state index contributed by atoms with van der Waals surface area (Å²) < 4.78 is 0. The summed E-state index contributed by atoms with van der Waals surface area (Å²) >= 11 is 12.0. The van der Waals surface area contributed by atoms with Crippen LogP contribution in [0.25, 0.3) is 22.4 Å². The van der Waals surface area contributed by atoms with E-state index in [-0.39, 0.29) is 0 Å². The molecule has 0 saturated carbocycles. The predicted octanol–water partition coefficient (Wildman–Crippen LogP) is 3.51. The summed E-state index contributed by atoms with van der Waals surface area (Å²) in [4.78, 5) is 11.5. The van der Waals surface area contributed by atoms with E-state index in [0.29, 0.717) is 27.1 Å². The molecule has 0 aliphatic heterocycles. The Balaban J connectivity index is 2.26. The summed E-state index contributed by atoms with van der Waals surface area (Å²) in [6, 6.07) is 5.24. The Morgan fingerprint density at radius 1 is 1.22 bits per heavy atom. The first-order chi connectivity index (χ1) is 8.65. The number of aromatic amines is 1. The first-order valence-electron chi connectivity index (χ1n) is 5.20. The molecule has 2 aromatic heterocycles. The quantitative estimate of drug-likeness (QED) is 0.670. The number of H-pyrrole nitrogens is 1. The normalized spacial score (nSPS) is 11.0. The second-order valence-electron chi connectivity index (χ2n) is 3.83. The SMILES string of the molecule is Nc1cc(Cl)cc2[nH]c(-c3ccncc3Cl)nc12. The lowest BCUT2D eigenvalue weighted by Crippen LogP contribution is -1.86. The van der Waals surface area contributed by atoms with E-state index in [9.17, 15) is 0 Å². The van der Waals surface area contributed by atoms with Gasteiger partial charge in [0.2, 0.25) is 0 Å². The molecule has 6 heteroatoms. The number of fused-ring (bicyclic) bond motifs is 1. The van der Waals surface area contributed by atoms with Gasteiger partial charge in [0.1, 0.15) is 11.3 Å². The maximum atomic E-state index is 6.08. The first-order valence-corrected chi connectivity index (χ1v) is 5.95. The molecule has 4 nitrogen and oxygen atoms in total. The van der Waals surface area contributed by atoms with Crippen molar-refractivity contribution < 1.29 is 0 Å². The van der Waals surface area contributed by atoms with Gasteiger partial charge in [-0.2, -0.15) is 0 Å². The lowest BCUT2D eigenvalue weighted by atomic mass is 10.2. The second-order valence-corrected chi connectivity index (χ2v) is 4.68. The molecule has 3 N–H and O–H groups in total. The van der Waals surface area contributed by atoms with E-state index in [2.05, 4.69) is 15.0 Å². The molecule has 90 valence electrons. The fourth-order valence-corrected chi connectivity index (χ4v) is 2.24. The predicted molar refractivity (Wildman–Crippen MR) is 73.8 cm³/mol. The molecule has 0 aliphatic carbocycles. The number of nitrogen functional groups attached to an aromatic ring is 1. The number of pyridine rings is 1. The molecular weight excluding hydrogens is 271 g/mol. The summed E-state index contributed by atoms with van der Waals surface area (Å²) in [5.41, 5.74) is 8.65. The van der Waals surface area contributed by atoms with Crippen LogP contribution < -0.4 is 5.73 Å². The fraction of sp³-hybridized carbons (Fsp3) is 0. The minimum Gasteiger partial charge on any atom is -0.397 e. The number of halogens is 2. The van der Waals surface area contributed by atoms with Crippen molar-refractivity contribution in [2.24, 2.45) is 0 Å². The number of imidazole rings is 1. The van der Waals surface area contributed by atoms with Crippen LogP contribution in [0, 0.1) is 0 Å². The smallest absolute Gasteiger partial charge is 0.140 e. The number of hydrogen-bond acceptors (Lipinski definition) is 3. The number of nitrogens with one attached hydrogen (secondary N) is 1. The van der Waals surface area contributed by atoms with Gasteiger partial charge in [-0.25, -0.2) is 4.98 Å². The molecule has 1 aromatic carbocycles. The van der Waals surface area contributed by atoms with Gasteiger partial charge in [0.15, 0.2) is 0 Å². The highest BCUT2D eigenvalue weighted by atomic mass is 35.5. The number of nitrogens with zero attached hydrogens (tertiary/aromatic N) is 2. The molecule has 0 unspecified atom stereocenters. The third-order valence-electron chi connectivity index (χ3n) is 2.61. The van der Waals surface area contributed by atoms with Gasteiger partial charge in [-0.05, 0) is 18.2 Å². The zero-order valence-corrected chi connectivity index (χ0v) is 10.6. The van der Waals surface area contributed by atoms with Gasteiger partial charge in [0.05, 0.1) is 16.2 Å². The Morgan fingerprint density at radius 3 is 2.83 bits per heavy atom. The van der Waals surface area contributed by atoms with Crippen molar-refractivity contribution in [1.29, 1.82) is 0 Å². The van der Waals surface area contributed by atoms with Crippen LogP contribution in [0.15, 0.2) is 30.6 Å². The maximum absolute atomic E-state index is 6.08. The highest BCUT2D eigenvalue weighted by molar-refractivity contribution is 6.33. The zero-order chi connectivity index (χ0) is 12.7. The third kappa shape index (κ3) is 1.79. The standard InChI is InChI=1S/C12H8Cl2N4/c13-6-3-9(15)11-10(4-6)17-12(18-11)7-1-2-16-5-8(7)14/h1-5H,15H2,(H,17,18). The van der Waals surface area contributed by atoms with Gasteiger partial charge in [-0.1, -0.05) is 23.2 Å². The Kier molecular flexibility index (Phi) is 2.61. The van der Waals surface area contributed by atoms with Gasteiger partial charge >= 0.3 is 0 Å². The van der Waals surface area contributed by atoms with Gasteiger partial charge in [0, 0.05) is 23.0 Å². The monoisotopic (exact) mass is 278 g/mol. The molecule has 0 aliphatic rings. The fourth-order valence-electron chi connectivity index (χ4n) is 1.80. The van der Waals surface area contributed by atoms with Crippen molar-refractivity contribution in [2.75, 3.05) is 5.73 Å². The Labute approximate surface area is 113 Å². The van der Waals surface area contributed by atoms with E-state index in [1.165, 1.54) is 0 Å². The van der Waals surface area contributed by atoms with Crippen molar-refractivity contribution in [3.8, 4) is 11.4 Å². The highest BCUT2D eigenvalue weighted by Crippen LogP contribution is 2.30. The third-order valence-corrected chi connectivity index (χ3v) is 3.13. The minimum absolute atomic E-state index is 0.529. The number of aromatic nitrogens is 3. The molecule has 18 heavy (non-hydrogen) atoms. The van der Waals surface area contributed by atoms with Gasteiger partial charge in [-0.3, -0.25) is 4.98 Å².